The third-order valence-electron chi connectivity index (χ3n) is 4.39. The zero-order valence-corrected chi connectivity index (χ0v) is 14.5. The lowest BCUT2D eigenvalue weighted by Gasteiger charge is -2.33. The van der Waals surface area contributed by atoms with Gasteiger partial charge in [0, 0.05) is 25.3 Å². The molecule has 1 aliphatic rings. The molecular weight excluding hydrogens is 294 g/mol. The van der Waals surface area contributed by atoms with Crippen molar-refractivity contribution in [3.05, 3.63) is 29.8 Å². The van der Waals surface area contributed by atoms with Gasteiger partial charge in [0.2, 0.25) is 5.91 Å². The van der Waals surface area contributed by atoms with Crippen LogP contribution in [0.15, 0.2) is 24.3 Å². The van der Waals surface area contributed by atoms with Crippen molar-refractivity contribution in [1.29, 1.82) is 0 Å². The van der Waals surface area contributed by atoms with Crippen molar-refractivity contribution in [2.24, 2.45) is 5.92 Å². The molecule has 0 unspecified atom stereocenters. The molecule has 1 aromatic rings. The lowest BCUT2D eigenvalue weighted by atomic mass is 9.91. The van der Waals surface area contributed by atoms with Crippen LogP contribution in [-0.2, 0) is 11.2 Å². The quantitative estimate of drug-likeness (QED) is 0.768. The van der Waals surface area contributed by atoms with Crippen LogP contribution in [0.2, 0.25) is 0 Å². The maximum atomic E-state index is 12.1. The molecule has 1 atom stereocenters. The molecule has 0 saturated carbocycles. The topological polar surface area (TPSA) is 29.5 Å². The van der Waals surface area contributed by atoms with Crippen molar-refractivity contribution in [2.45, 2.75) is 32.1 Å². The molecular formula is C18H27NO2S. The van der Waals surface area contributed by atoms with Gasteiger partial charge in [0.1, 0.15) is 5.75 Å². The molecule has 22 heavy (non-hydrogen) atoms. The number of nitrogens with zero attached hydrogens (tertiary/aromatic N) is 1. The summed E-state index contributed by atoms with van der Waals surface area (Å²) in [6, 6.07) is 8.33. The second-order valence-corrected chi connectivity index (χ2v) is 6.96. The van der Waals surface area contributed by atoms with Gasteiger partial charge >= 0.3 is 0 Å². The first-order valence-electron chi connectivity index (χ1n) is 8.12. The van der Waals surface area contributed by atoms with Gasteiger partial charge in [-0.1, -0.05) is 12.1 Å². The number of thioether (sulfide) groups is 1. The predicted molar refractivity (Wildman–Crippen MR) is 93.6 cm³/mol. The van der Waals surface area contributed by atoms with Crippen LogP contribution in [-0.4, -0.2) is 43.0 Å². The number of piperidine rings is 1. The van der Waals surface area contributed by atoms with Gasteiger partial charge in [-0.05, 0) is 55.6 Å². The fraction of sp³-hybridized carbons (Fsp3) is 0.611. The minimum atomic E-state index is 0.337. The standard InChI is InChI=1S/C18H27NO2S/c1-21-17-9-7-15(8-10-17)5-6-16-4-3-12-19(14-16)18(20)11-13-22-2/h7-10,16H,3-6,11-14H2,1-2H3/t16-/m1/s1. The molecule has 0 spiro atoms. The average molecular weight is 321 g/mol. The number of amides is 1. The number of carbonyl (C=O) groups is 1. The van der Waals surface area contributed by atoms with Crippen LogP contribution in [0.3, 0.4) is 0 Å². The molecule has 4 heteroatoms. The van der Waals surface area contributed by atoms with E-state index in [1.807, 2.05) is 12.1 Å². The van der Waals surface area contributed by atoms with Crippen molar-refractivity contribution in [2.75, 3.05) is 32.2 Å². The molecule has 1 aliphatic heterocycles. The Morgan fingerprint density at radius 1 is 1.36 bits per heavy atom. The van der Waals surface area contributed by atoms with E-state index in [1.165, 1.54) is 18.4 Å². The van der Waals surface area contributed by atoms with Crippen molar-refractivity contribution < 1.29 is 9.53 Å². The average Bonchev–Trinajstić information content (AvgIpc) is 2.58. The normalized spacial score (nSPS) is 18.3. The molecule has 122 valence electrons. The minimum Gasteiger partial charge on any atom is -0.497 e. The highest BCUT2D eigenvalue weighted by atomic mass is 32.2. The van der Waals surface area contributed by atoms with Crippen LogP contribution in [0.25, 0.3) is 0 Å². The maximum Gasteiger partial charge on any atom is 0.223 e. The summed E-state index contributed by atoms with van der Waals surface area (Å²) in [5.41, 5.74) is 1.35. The van der Waals surface area contributed by atoms with E-state index in [4.69, 9.17) is 4.74 Å². The summed E-state index contributed by atoms with van der Waals surface area (Å²) in [5.74, 6) is 2.83. The summed E-state index contributed by atoms with van der Waals surface area (Å²) < 4.78 is 5.19. The van der Waals surface area contributed by atoms with E-state index in [0.29, 0.717) is 18.2 Å². The predicted octanol–water partition coefficient (Wildman–Crippen LogP) is 3.62. The van der Waals surface area contributed by atoms with Crippen molar-refractivity contribution >= 4 is 17.7 Å². The Labute approximate surface area is 138 Å². The van der Waals surface area contributed by atoms with Crippen molar-refractivity contribution in [3.63, 3.8) is 0 Å². The highest BCUT2D eigenvalue weighted by Crippen LogP contribution is 2.23. The number of methoxy groups -OCH3 is 1. The van der Waals surface area contributed by atoms with Crippen molar-refractivity contribution in [3.8, 4) is 5.75 Å². The fourth-order valence-electron chi connectivity index (χ4n) is 3.04. The number of rotatable bonds is 7. The molecule has 0 radical (unpaired) electrons. The summed E-state index contributed by atoms with van der Waals surface area (Å²) in [6.45, 7) is 1.90. The van der Waals surface area contributed by atoms with E-state index < -0.39 is 0 Å². The van der Waals surface area contributed by atoms with E-state index in [2.05, 4.69) is 23.3 Å². The van der Waals surface area contributed by atoms with E-state index in [9.17, 15) is 4.79 Å². The van der Waals surface area contributed by atoms with Crippen LogP contribution >= 0.6 is 11.8 Å². The van der Waals surface area contributed by atoms with Crippen LogP contribution < -0.4 is 4.74 Å². The molecule has 1 heterocycles. The second kappa shape index (κ2) is 9.09. The van der Waals surface area contributed by atoms with Crippen LogP contribution in [0.4, 0.5) is 0 Å². The first-order chi connectivity index (χ1) is 10.7. The van der Waals surface area contributed by atoms with Gasteiger partial charge < -0.3 is 9.64 Å². The molecule has 0 aromatic heterocycles. The largest absolute Gasteiger partial charge is 0.497 e. The molecule has 0 bridgehead atoms. The Bertz CT molecular complexity index is 461. The Balaban J connectivity index is 1.78. The molecule has 0 N–H and O–H groups in total. The number of benzene rings is 1. The second-order valence-electron chi connectivity index (χ2n) is 5.98. The van der Waals surface area contributed by atoms with Crippen LogP contribution in [0.5, 0.6) is 5.75 Å². The summed E-state index contributed by atoms with van der Waals surface area (Å²) in [5, 5.41) is 0. The number of hydrogen-bond donors (Lipinski definition) is 0. The van der Waals surface area contributed by atoms with Gasteiger partial charge in [-0.25, -0.2) is 0 Å². The lowest BCUT2D eigenvalue weighted by Crippen LogP contribution is -2.40. The fourth-order valence-corrected chi connectivity index (χ4v) is 3.42. The zero-order chi connectivity index (χ0) is 15.8. The highest BCUT2D eigenvalue weighted by molar-refractivity contribution is 7.98. The maximum absolute atomic E-state index is 12.1. The first-order valence-corrected chi connectivity index (χ1v) is 9.52. The van der Waals surface area contributed by atoms with E-state index in [1.54, 1.807) is 18.9 Å². The Morgan fingerprint density at radius 3 is 2.82 bits per heavy atom. The van der Waals surface area contributed by atoms with E-state index in [0.717, 1.165) is 37.4 Å². The third-order valence-corrected chi connectivity index (χ3v) is 5.00. The summed E-state index contributed by atoms with van der Waals surface area (Å²) >= 11 is 1.75. The molecule has 0 aliphatic carbocycles. The minimum absolute atomic E-state index is 0.337. The van der Waals surface area contributed by atoms with Gasteiger partial charge in [-0.3, -0.25) is 4.79 Å². The third kappa shape index (κ3) is 5.24. The monoisotopic (exact) mass is 321 g/mol. The molecule has 1 fully saturated rings. The lowest BCUT2D eigenvalue weighted by molar-refractivity contribution is -0.132. The number of aryl methyl sites for hydroxylation is 1. The van der Waals surface area contributed by atoms with Crippen LogP contribution in [0, 0.1) is 5.92 Å². The first kappa shape index (κ1) is 17.2. The number of ether oxygens (including phenoxy) is 1. The summed E-state index contributed by atoms with van der Waals surface area (Å²) in [6.07, 6.45) is 7.40. The van der Waals surface area contributed by atoms with Crippen LogP contribution in [0.1, 0.15) is 31.2 Å². The molecule has 3 nitrogen and oxygen atoms in total. The zero-order valence-electron chi connectivity index (χ0n) is 13.7. The van der Waals surface area contributed by atoms with Crippen molar-refractivity contribution in [1.82, 2.24) is 4.90 Å². The SMILES string of the molecule is COc1ccc(CC[C@H]2CCCN(C(=O)CCSC)C2)cc1. The molecule has 1 amide bonds. The van der Waals surface area contributed by atoms with Gasteiger partial charge in [0.05, 0.1) is 7.11 Å². The number of carbonyl (C=O) groups excluding carboxylic acids is 1. The van der Waals surface area contributed by atoms with Gasteiger partial charge in [0.15, 0.2) is 0 Å². The Kier molecular flexibility index (Phi) is 7.10. The van der Waals surface area contributed by atoms with Gasteiger partial charge in [0.25, 0.3) is 0 Å². The van der Waals surface area contributed by atoms with Gasteiger partial charge in [-0.15, -0.1) is 0 Å². The Morgan fingerprint density at radius 2 is 2.14 bits per heavy atom. The number of hydrogen-bond acceptors (Lipinski definition) is 3. The molecule has 2 rings (SSSR count). The summed E-state index contributed by atoms with van der Waals surface area (Å²) in [7, 11) is 1.69. The number of likely N-dealkylation sites (tertiary alicyclic amines) is 1. The highest BCUT2D eigenvalue weighted by Gasteiger charge is 2.22. The Hall–Kier alpha value is -1.16. The smallest absolute Gasteiger partial charge is 0.223 e. The molecule has 1 aromatic carbocycles. The molecule has 1 saturated heterocycles. The van der Waals surface area contributed by atoms with E-state index >= 15 is 0 Å². The summed E-state index contributed by atoms with van der Waals surface area (Å²) in [4.78, 5) is 14.2. The van der Waals surface area contributed by atoms with E-state index in [-0.39, 0.29) is 0 Å². The van der Waals surface area contributed by atoms with Gasteiger partial charge in [-0.2, -0.15) is 11.8 Å².